The molecule has 120 valence electrons. The molecule has 2 saturated heterocycles. The van der Waals surface area contributed by atoms with Gasteiger partial charge in [0, 0.05) is 6.42 Å². The van der Waals surface area contributed by atoms with Crippen molar-refractivity contribution >= 4 is 11.9 Å². The molecule has 0 spiro atoms. The molecule has 0 radical (unpaired) electrons. The zero-order valence-electron chi connectivity index (χ0n) is 10.9. The Kier molecular flexibility index (Phi) is 4.46. The molecule has 2 fully saturated rings. The van der Waals surface area contributed by atoms with Crippen molar-refractivity contribution in [1.29, 1.82) is 0 Å². The molecule has 1 unspecified atom stereocenters. The number of carbonyl (C=O) groups excluding carboxylic acids is 2. The molecule has 2 aliphatic rings. The van der Waals surface area contributed by atoms with Crippen molar-refractivity contribution in [3.63, 3.8) is 0 Å². The summed E-state index contributed by atoms with van der Waals surface area (Å²) in [6.45, 7) is -1.60. The van der Waals surface area contributed by atoms with Crippen molar-refractivity contribution in [2.24, 2.45) is 0 Å². The van der Waals surface area contributed by atoms with Crippen molar-refractivity contribution < 1.29 is 44.6 Å². The SMILES string of the molecule is O=C(CO)N[C@H]1[C@H]2OC(O)(C[C@@H]1O)C(=O)O[C@@H]2[C@H](O)CO. The minimum absolute atomic E-state index is 0.541. The second-order valence-electron chi connectivity index (χ2n) is 5.01. The predicted molar refractivity (Wildman–Crippen MR) is 62.4 cm³/mol. The number of cyclic esters (lactones) is 1. The summed E-state index contributed by atoms with van der Waals surface area (Å²) in [7, 11) is 0. The van der Waals surface area contributed by atoms with Crippen LogP contribution in [0.15, 0.2) is 0 Å². The number of fused-ring (bicyclic) bond motifs is 2. The van der Waals surface area contributed by atoms with Crippen molar-refractivity contribution in [3.05, 3.63) is 0 Å². The van der Waals surface area contributed by atoms with Gasteiger partial charge in [-0.15, -0.1) is 0 Å². The molecule has 6 atom stereocenters. The predicted octanol–water partition coefficient (Wildman–Crippen LogP) is -4.42. The number of amides is 1. The topological polar surface area (TPSA) is 166 Å². The fraction of sp³-hybridized carbons (Fsp3) is 0.818. The average Bonchev–Trinajstić information content (AvgIpc) is 2.45. The van der Waals surface area contributed by atoms with Crippen LogP contribution in [0.2, 0.25) is 0 Å². The maximum atomic E-state index is 11.7. The molecule has 0 aromatic heterocycles. The second kappa shape index (κ2) is 5.83. The number of hydrogen-bond donors (Lipinski definition) is 6. The Balaban J connectivity index is 2.27. The summed E-state index contributed by atoms with van der Waals surface area (Å²) in [6, 6.07) is -1.13. The minimum atomic E-state index is -2.38. The lowest BCUT2D eigenvalue weighted by Crippen LogP contribution is -2.72. The molecule has 0 aromatic rings. The van der Waals surface area contributed by atoms with Gasteiger partial charge in [-0.1, -0.05) is 0 Å². The Morgan fingerprint density at radius 2 is 2.14 bits per heavy atom. The lowest BCUT2D eigenvalue weighted by atomic mass is 9.86. The quantitative estimate of drug-likeness (QED) is 0.281. The van der Waals surface area contributed by atoms with E-state index in [2.05, 4.69) is 5.32 Å². The zero-order chi connectivity index (χ0) is 15.8. The molecular weight excluding hydrogens is 290 g/mol. The van der Waals surface area contributed by atoms with Gasteiger partial charge in [0.25, 0.3) is 5.79 Å². The third-order valence-corrected chi connectivity index (χ3v) is 3.51. The van der Waals surface area contributed by atoms with E-state index < -0.39 is 67.8 Å². The van der Waals surface area contributed by atoms with Gasteiger partial charge in [0.05, 0.1) is 18.8 Å². The van der Waals surface area contributed by atoms with Crippen LogP contribution in [0, 0.1) is 0 Å². The van der Waals surface area contributed by atoms with Crippen LogP contribution in [0.4, 0.5) is 0 Å². The smallest absolute Gasteiger partial charge is 0.367 e. The van der Waals surface area contributed by atoms with Crippen LogP contribution < -0.4 is 5.32 Å². The molecule has 0 aliphatic carbocycles. The van der Waals surface area contributed by atoms with E-state index in [4.69, 9.17) is 19.7 Å². The second-order valence-corrected chi connectivity index (χ2v) is 5.01. The molecule has 2 aliphatic heterocycles. The van der Waals surface area contributed by atoms with Gasteiger partial charge < -0.3 is 40.3 Å². The van der Waals surface area contributed by atoms with Crippen LogP contribution in [0.3, 0.4) is 0 Å². The maximum Gasteiger partial charge on any atom is 0.367 e. The summed E-state index contributed by atoms with van der Waals surface area (Å²) in [6.07, 6.45) is -6.11. The third-order valence-electron chi connectivity index (χ3n) is 3.51. The molecular formula is C11H17NO9. The number of rotatable bonds is 4. The van der Waals surface area contributed by atoms with Gasteiger partial charge in [-0.25, -0.2) is 4.79 Å². The van der Waals surface area contributed by atoms with Crippen molar-refractivity contribution in [1.82, 2.24) is 5.32 Å². The third kappa shape index (κ3) is 2.86. The highest BCUT2D eigenvalue weighted by Gasteiger charge is 2.60. The summed E-state index contributed by atoms with van der Waals surface area (Å²) in [5, 5.41) is 49.6. The summed E-state index contributed by atoms with van der Waals surface area (Å²) in [4.78, 5) is 22.9. The number of aliphatic hydroxyl groups is 5. The first-order valence-electron chi connectivity index (χ1n) is 6.31. The van der Waals surface area contributed by atoms with Gasteiger partial charge in [-0.05, 0) is 0 Å². The fourth-order valence-corrected chi connectivity index (χ4v) is 2.47. The normalized spacial score (nSPS) is 40.3. The van der Waals surface area contributed by atoms with Gasteiger partial charge >= 0.3 is 5.97 Å². The van der Waals surface area contributed by atoms with E-state index in [0.717, 1.165) is 0 Å². The standard InChI is InChI=1S/C11H17NO9/c13-2-5(16)8-9-7(12-6(17)3-14)4(15)1-11(19,21-9)10(18)20-8/h4-5,7-9,13-16,19H,1-3H2,(H,12,17)/t4-,5+,7+,8+,9+,11?/m0/s1. The number of ether oxygens (including phenoxy) is 2. The minimum Gasteiger partial charge on any atom is -0.453 e. The Morgan fingerprint density at radius 3 is 2.71 bits per heavy atom. The van der Waals surface area contributed by atoms with E-state index in [1.54, 1.807) is 0 Å². The first-order chi connectivity index (χ1) is 9.82. The van der Waals surface area contributed by atoms with Crippen LogP contribution in [0.1, 0.15) is 6.42 Å². The van der Waals surface area contributed by atoms with Gasteiger partial charge in [-0.2, -0.15) is 0 Å². The summed E-state index contributed by atoms with van der Waals surface area (Å²) >= 11 is 0. The highest BCUT2D eigenvalue weighted by Crippen LogP contribution is 2.36. The number of aliphatic hydroxyl groups excluding tert-OH is 4. The molecule has 1 amide bonds. The molecule has 6 N–H and O–H groups in total. The van der Waals surface area contributed by atoms with Gasteiger partial charge in [-0.3, -0.25) is 4.79 Å². The van der Waals surface area contributed by atoms with Crippen LogP contribution in [-0.2, 0) is 19.1 Å². The summed E-state index contributed by atoms with van der Waals surface area (Å²) in [5.41, 5.74) is 0. The largest absolute Gasteiger partial charge is 0.453 e. The first kappa shape index (κ1) is 16.1. The van der Waals surface area contributed by atoms with Crippen molar-refractivity contribution in [2.45, 2.75) is 42.7 Å². The highest BCUT2D eigenvalue weighted by molar-refractivity contribution is 5.80. The van der Waals surface area contributed by atoms with E-state index in [1.165, 1.54) is 0 Å². The van der Waals surface area contributed by atoms with Crippen molar-refractivity contribution in [3.8, 4) is 0 Å². The summed E-state index contributed by atoms with van der Waals surface area (Å²) < 4.78 is 9.99. The lowest BCUT2D eigenvalue weighted by Gasteiger charge is -2.50. The van der Waals surface area contributed by atoms with E-state index in [0.29, 0.717) is 0 Å². The van der Waals surface area contributed by atoms with Crippen molar-refractivity contribution in [2.75, 3.05) is 13.2 Å². The first-order valence-corrected chi connectivity index (χ1v) is 6.31. The Labute approximate surface area is 118 Å². The summed E-state index contributed by atoms with van der Waals surface area (Å²) in [5.74, 6) is -4.39. The number of carbonyl (C=O) groups is 2. The Morgan fingerprint density at radius 1 is 1.48 bits per heavy atom. The van der Waals surface area contributed by atoms with Crippen LogP contribution in [0.5, 0.6) is 0 Å². The lowest BCUT2D eigenvalue weighted by molar-refractivity contribution is -0.330. The molecule has 2 rings (SSSR count). The maximum absolute atomic E-state index is 11.7. The highest BCUT2D eigenvalue weighted by atomic mass is 16.7. The van der Waals surface area contributed by atoms with E-state index in [9.17, 15) is 24.9 Å². The molecule has 2 heterocycles. The van der Waals surface area contributed by atoms with E-state index in [-0.39, 0.29) is 0 Å². The van der Waals surface area contributed by atoms with Gasteiger partial charge in [0.2, 0.25) is 5.91 Å². The fourth-order valence-electron chi connectivity index (χ4n) is 2.47. The number of esters is 1. The number of hydrogen-bond acceptors (Lipinski definition) is 9. The van der Waals surface area contributed by atoms with Gasteiger partial charge in [0.1, 0.15) is 18.8 Å². The number of nitrogens with one attached hydrogen (secondary N) is 1. The van der Waals surface area contributed by atoms with Crippen LogP contribution in [-0.4, -0.2) is 86.9 Å². The van der Waals surface area contributed by atoms with Crippen LogP contribution in [0.25, 0.3) is 0 Å². The molecule has 0 saturated carbocycles. The monoisotopic (exact) mass is 307 g/mol. The zero-order valence-corrected chi connectivity index (χ0v) is 10.9. The molecule has 21 heavy (non-hydrogen) atoms. The van der Waals surface area contributed by atoms with Gasteiger partial charge in [0.15, 0.2) is 6.10 Å². The Hall–Kier alpha value is -1.30. The van der Waals surface area contributed by atoms with E-state index in [1.807, 2.05) is 0 Å². The Bertz CT molecular complexity index is 430. The molecule has 2 bridgehead atoms. The molecule has 0 aromatic carbocycles. The van der Waals surface area contributed by atoms with Crippen LogP contribution >= 0.6 is 0 Å². The molecule has 10 nitrogen and oxygen atoms in total. The average molecular weight is 307 g/mol. The van der Waals surface area contributed by atoms with E-state index >= 15 is 0 Å². The molecule has 10 heteroatoms.